The van der Waals surface area contributed by atoms with Gasteiger partial charge in [0.25, 0.3) is 15.9 Å². The van der Waals surface area contributed by atoms with Crippen molar-refractivity contribution in [2.45, 2.75) is 17.4 Å². The van der Waals surface area contributed by atoms with Crippen molar-refractivity contribution < 1.29 is 32.3 Å². The monoisotopic (exact) mass is 609 g/mol. The van der Waals surface area contributed by atoms with Gasteiger partial charge < -0.3 is 9.47 Å². The van der Waals surface area contributed by atoms with Gasteiger partial charge in [0.05, 0.1) is 33.6 Å². The van der Waals surface area contributed by atoms with Gasteiger partial charge in [0.2, 0.25) is 5.88 Å². The van der Waals surface area contributed by atoms with E-state index in [-0.39, 0.29) is 56.6 Å². The van der Waals surface area contributed by atoms with Crippen LogP contribution < -0.4 is 9.04 Å². The lowest BCUT2D eigenvalue weighted by atomic mass is 10.0. The van der Waals surface area contributed by atoms with Crippen molar-refractivity contribution in [1.82, 2.24) is 9.88 Å². The number of halogens is 3. The molecule has 10 nitrogen and oxygen atoms in total. The molecule has 0 unspecified atom stereocenters. The van der Waals surface area contributed by atoms with Crippen molar-refractivity contribution >= 4 is 68.3 Å². The van der Waals surface area contributed by atoms with E-state index in [2.05, 4.69) is 4.98 Å². The van der Waals surface area contributed by atoms with Gasteiger partial charge in [-0.25, -0.2) is 23.1 Å². The number of pyridine rings is 1. The molecule has 3 aromatic rings. The Kier molecular flexibility index (Phi) is 7.43. The normalized spacial score (nSPS) is 17.1. The lowest BCUT2D eigenvalue weighted by Gasteiger charge is -2.35. The van der Waals surface area contributed by atoms with Crippen LogP contribution in [0.2, 0.25) is 15.1 Å². The molecule has 2 amide bonds. The molecule has 202 valence electrons. The first-order valence-electron chi connectivity index (χ1n) is 11.4. The van der Waals surface area contributed by atoms with Gasteiger partial charge in [-0.2, -0.15) is 0 Å². The Labute approximate surface area is 238 Å². The van der Waals surface area contributed by atoms with Gasteiger partial charge in [-0.1, -0.05) is 46.9 Å². The maximum atomic E-state index is 13.8. The molecule has 1 saturated heterocycles. The van der Waals surface area contributed by atoms with Gasteiger partial charge in [0.15, 0.2) is 12.4 Å². The number of anilines is 1. The van der Waals surface area contributed by atoms with Crippen LogP contribution in [0.3, 0.4) is 0 Å². The molecule has 1 atom stereocenters. The number of sulfonamides is 1. The van der Waals surface area contributed by atoms with Gasteiger partial charge in [0.1, 0.15) is 11.8 Å². The maximum absolute atomic E-state index is 13.8. The molecule has 39 heavy (non-hydrogen) atoms. The Balaban J connectivity index is 1.52. The van der Waals surface area contributed by atoms with Crippen LogP contribution in [-0.2, 0) is 26.0 Å². The number of fused-ring (bicyclic) bond motifs is 1. The zero-order valence-corrected chi connectivity index (χ0v) is 22.9. The van der Waals surface area contributed by atoms with Gasteiger partial charge in [-0.15, -0.1) is 0 Å². The van der Waals surface area contributed by atoms with Gasteiger partial charge in [-0.05, 0) is 42.0 Å². The summed E-state index contributed by atoms with van der Waals surface area (Å²) < 4.78 is 39.2. The van der Waals surface area contributed by atoms with Crippen LogP contribution in [0.25, 0.3) is 0 Å². The molecule has 0 aliphatic carbocycles. The predicted molar refractivity (Wildman–Crippen MR) is 142 cm³/mol. The number of nitrogens with zero attached hydrogens (tertiary/aromatic N) is 3. The number of benzene rings is 2. The van der Waals surface area contributed by atoms with E-state index in [0.717, 1.165) is 9.21 Å². The molecule has 0 N–H and O–H groups in total. The van der Waals surface area contributed by atoms with Gasteiger partial charge in [-0.3, -0.25) is 13.9 Å². The number of ketones is 1. The number of amides is 2. The standard InChI is InChI=1S/C25H18Cl3N3O7S/c26-15-3-1-4-17(9-15)39(35,36)31-12-16(11-30-22(33)13-37-25(30)34)38-24-20(31)7-14(10-29-24)8-21(32)23-18(27)5-2-6-19(23)28/h1-7,9-10,16H,8,11-13H2/t16-/m0/s1. The minimum absolute atomic E-state index is 0.0659. The fourth-order valence-electron chi connectivity index (χ4n) is 4.20. The van der Waals surface area contributed by atoms with E-state index in [1.165, 1.54) is 36.5 Å². The minimum atomic E-state index is -4.22. The van der Waals surface area contributed by atoms with Crippen molar-refractivity contribution in [3.05, 3.63) is 80.9 Å². The van der Waals surface area contributed by atoms with Gasteiger partial charge in [0, 0.05) is 17.6 Å². The summed E-state index contributed by atoms with van der Waals surface area (Å²) in [5.41, 5.74) is 0.582. The smallest absolute Gasteiger partial charge is 0.417 e. The second-order valence-corrected chi connectivity index (χ2v) is 11.8. The van der Waals surface area contributed by atoms with Crippen LogP contribution in [-0.4, -0.2) is 61.9 Å². The first-order chi connectivity index (χ1) is 18.5. The summed E-state index contributed by atoms with van der Waals surface area (Å²) >= 11 is 18.4. The molecule has 0 bridgehead atoms. The number of aromatic nitrogens is 1. The summed E-state index contributed by atoms with van der Waals surface area (Å²) in [6.45, 7) is -0.933. The van der Waals surface area contributed by atoms with Crippen molar-refractivity contribution in [1.29, 1.82) is 0 Å². The average molecular weight is 611 g/mol. The van der Waals surface area contributed by atoms with Crippen LogP contribution >= 0.6 is 34.8 Å². The first-order valence-corrected chi connectivity index (χ1v) is 14.0. The summed E-state index contributed by atoms with van der Waals surface area (Å²) in [4.78, 5) is 42.1. The lowest BCUT2D eigenvalue weighted by molar-refractivity contribution is -0.126. The highest BCUT2D eigenvalue weighted by Crippen LogP contribution is 2.37. The molecule has 2 aromatic carbocycles. The highest BCUT2D eigenvalue weighted by Gasteiger charge is 2.40. The number of ether oxygens (including phenoxy) is 2. The quantitative estimate of drug-likeness (QED) is 0.361. The van der Waals surface area contributed by atoms with Crippen molar-refractivity contribution in [3.8, 4) is 5.88 Å². The van der Waals surface area contributed by atoms with Crippen LogP contribution in [0.5, 0.6) is 5.88 Å². The number of imide groups is 1. The molecule has 0 saturated carbocycles. The fraction of sp³-hybridized carbons (Fsp3) is 0.200. The molecular weight excluding hydrogens is 593 g/mol. The third kappa shape index (κ3) is 5.40. The number of hydrogen-bond donors (Lipinski definition) is 0. The Morgan fingerprint density at radius 2 is 1.77 bits per heavy atom. The Hall–Kier alpha value is -3.38. The summed E-state index contributed by atoms with van der Waals surface area (Å²) in [6, 6.07) is 11.9. The fourth-order valence-corrected chi connectivity index (χ4v) is 6.60. The average Bonchev–Trinajstić information content (AvgIpc) is 3.20. The van der Waals surface area contributed by atoms with Crippen LogP contribution in [0.15, 0.2) is 59.6 Å². The largest absolute Gasteiger partial charge is 0.469 e. The summed E-state index contributed by atoms with van der Waals surface area (Å²) in [5.74, 6) is -1.03. The van der Waals surface area contributed by atoms with Crippen molar-refractivity contribution in [2.75, 3.05) is 24.0 Å². The van der Waals surface area contributed by atoms with E-state index in [9.17, 15) is 22.8 Å². The number of cyclic esters (lactones) is 1. The topological polar surface area (TPSA) is 123 Å². The zero-order valence-electron chi connectivity index (χ0n) is 19.8. The van der Waals surface area contributed by atoms with E-state index in [0.29, 0.717) is 5.56 Å². The van der Waals surface area contributed by atoms with E-state index in [1.54, 1.807) is 18.2 Å². The third-order valence-corrected chi connectivity index (χ3v) is 8.66. The zero-order chi connectivity index (χ0) is 27.9. The SMILES string of the molecule is O=C(Cc1cnc2c(c1)N(S(=O)(=O)c1cccc(Cl)c1)C[C@H](CN1C(=O)COC1=O)O2)c1c(Cl)cccc1Cl. The molecule has 2 aliphatic rings. The number of hydrogen-bond acceptors (Lipinski definition) is 8. The third-order valence-electron chi connectivity index (χ3n) is 6.02. The molecular formula is C25H18Cl3N3O7S. The summed E-state index contributed by atoms with van der Waals surface area (Å²) in [6.07, 6.45) is -0.614. The highest BCUT2D eigenvalue weighted by atomic mass is 35.5. The van der Waals surface area contributed by atoms with Gasteiger partial charge >= 0.3 is 6.09 Å². The maximum Gasteiger partial charge on any atom is 0.417 e. The Bertz CT molecular complexity index is 1580. The van der Waals surface area contributed by atoms with E-state index in [1.807, 2.05) is 0 Å². The molecule has 2 aliphatic heterocycles. The molecule has 1 fully saturated rings. The number of carbonyl (C=O) groups is 3. The Morgan fingerprint density at radius 3 is 2.44 bits per heavy atom. The van der Waals surface area contributed by atoms with Crippen LogP contribution in [0.4, 0.5) is 10.5 Å². The summed E-state index contributed by atoms with van der Waals surface area (Å²) in [7, 11) is -4.22. The number of rotatable bonds is 7. The van der Waals surface area contributed by atoms with E-state index < -0.39 is 40.5 Å². The minimum Gasteiger partial charge on any atom is -0.469 e. The lowest BCUT2D eigenvalue weighted by Crippen LogP contribution is -2.49. The molecule has 1 aromatic heterocycles. The number of Topliss-reactive ketones (excluding diaryl/α,β-unsaturated/α-hetero) is 1. The van der Waals surface area contributed by atoms with Crippen molar-refractivity contribution in [2.24, 2.45) is 0 Å². The Morgan fingerprint density at radius 1 is 1.05 bits per heavy atom. The second kappa shape index (κ2) is 10.6. The van der Waals surface area contributed by atoms with Crippen molar-refractivity contribution in [3.63, 3.8) is 0 Å². The van der Waals surface area contributed by atoms with E-state index in [4.69, 9.17) is 44.3 Å². The predicted octanol–water partition coefficient (Wildman–Crippen LogP) is 4.40. The molecule has 5 rings (SSSR count). The van der Waals surface area contributed by atoms with Crippen LogP contribution in [0.1, 0.15) is 15.9 Å². The summed E-state index contributed by atoms with van der Waals surface area (Å²) in [5, 5.41) is 0.579. The highest BCUT2D eigenvalue weighted by molar-refractivity contribution is 7.92. The molecule has 0 spiro atoms. The molecule has 3 heterocycles. The molecule has 0 radical (unpaired) electrons. The first kappa shape index (κ1) is 27.2. The van der Waals surface area contributed by atoms with E-state index >= 15 is 0 Å². The molecule has 14 heteroatoms. The number of carbonyl (C=O) groups excluding carboxylic acids is 3. The van der Waals surface area contributed by atoms with Crippen LogP contribution in [0, 0.1) is 0 Å². The second-order valence-electron chi connectivity index (χ2n) is 8.66.